The molecule has 33 heavy (non-hydrogen) atoms. The molecular formula is C19H23N9O3S2. The average Bonchev–Trinajstić information content (AvgIpc) is 3.11. The van der Waals surface area contributed by atoms with Crippen LogP contribution in [0.25, 0.3) is 22.2 Å². The normalized spacial score (nSPS) is 15.0. The van der Waals surface area contributed by atoms with Crippen molar-refractivity contribution in [3.05, 3.63) is 35.9 Å². The van der Waals surface area contributed by atoms with Gasteiger partial charge in [-0.15, -0.1) is 5.10 Å². The van der Waals surface area contributed by atoms with Crippen LogP contribution in [0.4, 0.5) is 5.95 Å². The zero-order valence-corrected chi connectivity index (χ0v) is 19.2. The first-order chi connectivity index (χ1) is 15.7. The zero-order valence-electron chi connectivity index (χ0n) is 17.6. The van der Waals surface area contributed by atoms with Crippen LogP contribution < -0.4 is 28.0 Å². The number of likely N-dealkylation sites (tertiary alicyclic amines) is 1. The third kappa shape index (κ3) is 3.86. The summed E-state index contributed by atoms with van der Waals surface area (Å²) in [5, 5.41) is 9.09. The van der Waals surface area contributed by atoms with Gasteiger partial charge in [-0.3, -0.25) is 9.93 Å². The van der Waals surface area contributed by atoms with Crippen LogP contribution in [0, 0.1) is 0 Å². The van der Waals surface area contributed by atoms with Crippen molar-refractivity contribution in [2.24, 2.45) is 21.8 Å². The number of amides is 1. The van der Waals surface area contributed by atoms with E-state index >= 15 is 0 Å². The van der Waals surface area contributed by atoms with Crippen LogP contribution in [0.3, 0.4) is 0 Å². The molecule has 0 spiro atoms. The summed E-state index contributed by atoms with van der Waals surface area (Å²) in [4.78, 5) is 20.5. The lowest BCUT2D eigenvalue weighted by molar-refractivity contribution is -0.131. The van der Waals surface area contributed by atoms with E-state index in [4.69, 9.17) is 22.4 Å². The second-order valence-corrected chi connectivity index (χ2v) is 10.3. The topological polar surface area (TPSA) is 212 Å². The lowest BCUT2D eigenvalue weighted by Gasteiger charge is -2.38. The molecule has 0 unspecified atom stereocenters. The summed E-state index contributed by atoms with van der Waals surface area (Å²) in [6.45, 7) is 1.63. The van der Waals surface area contributed by atoms with Gasteiger partial charge in [-0.25, -0.2) is 24.8 Å². The Bertz CT molecular complexity index is 1380. The van der Waals surface area contributed by atoms with E-state index in [9.17, 15) is 13.2 Å². The Kier molecular flexibility index (Phi) is 5.92. The number of benzene rings is 2. The van der Waals surface area contributed by atoms with Crippen molar-refractivity contribution in [3.63, 3.8) is 0 Å². The van der Waals surface area contributed by atoms with Crippen LogP contribution in [0.15, 0.2) is 45.2 Å². The molecule has 1 aromatic heterocycles. The van der Waals surface area contributed by atoms with E-state index in [2.05, 4.69) is 20.6 Å². The quantitative estimate of drug-likeness (QED) is 0.0886. The highest BCUT2D eigenvalue weighted by Crippen LogP contribution is 2.39. The third-order valence-electron chi connectivity index (χ3n) is 5.54. The van der Waals surface area contributed by atoms with Gasteiger partial charge in [0, 0.05) is 31.1 Å². The van der Waals surface area contributed by atoms with E-state index in [0.29, 0.717) is 27.7 Å². The molecule has 0 radical (unpaired) electrons. The van der Waals surface area contributed by atoms with Crippen LogP contribution in [-0.4, -0.2) is 53.4 Å². The predicted molar refractivity (Wildman–Crippen MR) is 127 cm³/mol. The fourth-order valence-corrected chi connectivity index (χ4v) is 6.59. The molecule has 4 rings (SSSR count). The van der Waals surface area contributed by atoms with Crippen LogP contribution >= 0.6 is 11.9 Å². The average molecular weight is 490 g/mol. The Morgan fingerprint density at radius 3 is 2.64 bits per heavy atom. The number of amidine groups is 1. The molecule has 1 aliphatic rings. The summed E-state index contributed by atoms with van der Waals surface area (Å²) in [6, 6.07) is 8.54. The second-order valence-electron chi connectivity index (χ2n) is 7.47. The Labute approximate surface area is 193 Å². The van der Waals surface area contributed by atoms with Crippen molar-refractivity contribution >= 4 is 50.5 Å². The first-order valence-electron chi connectivity index (χ1n) is 9.75. The molecule has 14 heteroatoms. The molecule has 0 atom stereocenters. The number of anilines is 1. The Hall–Kier alpha value is -3.33. The van der Waals surface area contributed by atoms with Crippen molar-refractivity contribution in [2.45, 2.75) is 22.0 Å². The van der Waals surface area contributed by atoms with Gasteiger partial charge < -0.3 is 21.4 Å². The number of hydrogen-bond donors (Lipinski definition) is 6. The molecule has 10 N–H and O–H groups in total. The highest BCUT2D eigenvalue weighted by Gasteiger charge is 2.41. The first-order valence-corrected chi connectivity index (χ1v) is 12.2. The molecule has 1 fully saturated rings. The Balaban J connectivity index is 1.93. The number of rotatable bonds is 6. The number of carbonyl (C=O) groups is 1. The number of aromatic amines is 1. The molecule has 1 aliphatic heterocycles. The van der Waals surface area contributed by atoms with E-state index in [1.807, 2.05) is 6.07 Å². The van der Waals surface area contributed by atoms with Gasteiger partial charge >= 0.3 is 0 Å². The molecule has 2 aromatic carbocycles. The highest BCUT2D eigenvalue weighted by molar-refractivity contribution is 7.98. The number of nitrogen functional groups attached to an aromatic ring is 1. The van der Waals surface area contributed by atoms with Gasteiger partial charge in [-0.2, -0.15) is 0 Å². The summed E-state index contributed by atoms with van der Waals surface area (Å²) in [5.41, 5.74) is 16.9. The van der Waals surface area contributed by atoms with Crippen molar-refractivity contribution in [1.82, 2.24) is 20.4 Å². The summed E-state index contributed by atoms with van der Waals surface area (Å²) in [7, 11) is -3.82. The number of aromatic nitrogens is 2. The maximum atomic E-state index is 13.4. The fraction of sp³-hybridized carbons (Fsp3) is 0.211. The molecule has 1 saturated heterocycles. The van der Waals surface area contributed by atoms with Crippen molar-refractivity contribution in [1.29, 1.82) is 0 Å². The SMILES string of the molecule is CC(=O)N1CC(S(=O)(=O)c2ccc(-c3cccc4[nH]c(N)nc34)c(/C(N)=N/NN)c2SN)C1. The largest absolute Gasteiger partial charge is 0.382 e. The Morgan fingerprint density at radius 2 is 2.00 bits per heavy atom. The second kappa shape index (κ2) is 8.55. The summed E-state index contributed by atoms with van der Waals surface area (Å²) >= 11 is 0.740. The van der Waals surface area contributed by atoms with Crippen molar-refractivity contribution in [2.75, 3.05) is 18.8 Å². The number of nitrogens with two attached hydrogens (primary N) is 4. The number of H-pyrrole nitrogens is 1. The lowest BCUT2D eigenvalue weighted by atomic mass is 9.97. The lowest BCUT2D eigenvalue weighted by Crippen LogP contribution is -2.56. The molecular weight excluding hydrogens is 466 g/mol. The standard InChI is InChI=1S/C19H23N9O3S2/c1-9(29)28-7-10(8-28)33(30,31)14-6-5-11(15(17(14)32-23)18(20)26-27-22)12-3-2-4-13-16(12)25-19(21)24-13/h2-6,10,27H,7-8,22-23H2,1H3,(H2,20,26)(H3,21,24,25). The van der Waals surface area contributed by atoms with Gasteiger partial charge in [0.05, 0.1) is 20.8 Å². The molecule has 3 aromatic rings. The van der Waals surface area contributed by atoms with Crippen molar-refractivity contribution < 1.29 is 13.2 Å². The van der Waals surface area contributed by atoms with Crippen LogP contribution in [0.2, 0.25) is 0 Å². The highest BCUT2D eigenvalue weighted by atomic mass is 32.2. The molecule has 2 heterocycles. The molecule has 1 amide bonds. The number of hydrazine groups is 1. The molecule has 0 saturated carbocycles. The summed E-state index contributed by atoms with van der Waals surface area (Å²) in [6.07, 6.45) is 0. The zero-order chi connectivity index (χ0) is 23.9. The number of hydrogen-bond acceptors (Lipinski definition) is 10. The van der Waals surface area contributed by atoms with E-state index < -0.39 is 15.1 Å². The van der Waals surface area contributed by atoms with Gasteiger partial charge in [0.2, 0.25) is 5.91 Å². The van der Waals surface area contributed by atoms with Gasteiger partial charge in [0.25, 0.3) is 0 Å². The molecule has 0 aliphatic carbocycles. The first kappa shape index (κ1) is 22.8. The van der Waals surface area contributed by atoms with Crippen LogP contribution in [-0.2, 0) is 14.6 Å². The minimum absolute atomic E-state index is 0.00541. The predicted octanol–water partition coefficient (Wildman–Crippen LogP) is -0.134. The fourth-order valence-electron chi connectivity index (χ4n) is 3.85. The van der Waals surface area contributed by atoms with E-state index in [0.717, 1.165) is 11.9 Å². The maximum absolute atomic E-state index is 13.4. The van der Waals surface area contributed by atoms with E-state index in [1.165, 1.54) is 17.9 Å². The minimum Gasteiger partial charge on any atom is -0.382 e. The maximum Gasteiger partial charge on any atom is 0.219 e. The van der Waals surface area contributed by atoms with Gasteiger partial charge in [-0.1, -0.05) is 18.2 Å². The number of nitrogens with one attached hydrogen (secondary N) is 2. The molecule has 12 nitrogen and oxygen atoms in total. The van der Waals surface area contributed by atoms with Crippen LogP contribution in [0.5, 0.6) is 0 Å². The smallest absolute Gasteiger partial charge is 0.219 e. The van der Waals surface area contributed by atoms with E-state index in [1.54, 1.807) is 18.2 Å². The van der Waals surface area contributed by atoms with Crippen LogP contribution in [0.1, 0.15) is 12.5 Å². The van der Waals surface area contributed by atoms with Gasteiger partial charge in [-0.05, 0) is 29.6 Å². The van der Waals surface area contributed by atoms with Crippen molar-refractivity contribution in [3.8, 4) is 11.1 Å². The summed E-state index contributed by atoms with van der Waals surface area (Å²) in [5.74, 6) is 5.34. The number of nitrogens with zero attached hydrogens (tertiary/aromatic N) is 3. The van der Waals surface area contributed by atoms with E-state index in [-0.39, 0.29) is 40.6 Å². The summed E-state index contributed by atoms with van der Waals surface area (Å²) < 4.78 is 26.8. The molecule has 174 valence electrons. The number of imidazole rings is 1. The monoisotopic (exact) mass is 489 g/mol. The number of carbonyl (C=O) groups excluding carboxylic acids is 1. The number of sulfone groups is 1. The molecule has 0 bridgehead atoms. The van der Waals surface area contributed by atoms with Gasteiger partial charge in [0.15, 0.2) is 21.6 Å². The minimum atomic E-state index is -3.82. The van der Waals surface area contributed by atoms with Gasteiger partial charge in [0.1, 0.15) is 5.25 Å². The third-order valence-corrected chi connectivity index (χ3v) is 8.46. The Morgan fingerprint density at radius 1 is 1.27 bits per heavy atom. The number of fused-ring (bicyclic) bond motifs is 1. The number of para-hydroxylation sites is 1. The number of hydrazone groups is 1.